The van der Waals surface area contributed by atoms with Gasteiger partial charge < -0.3 is 10.3 Å². The van der Waals surface area contributed by atoms with Gasteiger partial charge in [-0.3, -0.25) is 0 Å². The summed E-state index contributed by atoms with van der Waals surface area (Å²) in [6.07, 6.45) is 10.0. The van der Waals surface area contributed by atoms with E-state index in [9.17, 15) is 0 Å². The van der Waals surface area contributed by atoms with Crippen molar-refractivity contribution in [2.45, 2.75) is 63.2 Å². The topological polar surface area (TPSA) is 64.9 Å². The molecule has 2 N–H and O–H groups in total. The Kier molecular flexibility index (Phi) is 3.64. The third kappa shape index (κ3) is 2.30. The van der Waals surface area contributed by atoms with Gasteiger partial charge in [-0.05, 0) is 38.1 Å². The number of rotatable bonds is 3. The molecule has 3 rings (SSSR count). The lowest BCUT2D eigenvalue weighted by atomic mass is 9.89. The van der Waals surface area contributed by atoms with Crippen molar-refractivity contribution in [1.29, 1.82) is 0 Å². The average Bonchev–Trinajstić information content (AvgIpc) is 3.08. The van der Waals surface area contributed by atoms with Crippen molar-refractivity contribution in [3.63, 3.8) is 0 Å². The number of nitrogens with two attached hydrogens (primary N) is 1. The molecule has 1 aromatic rings. The van der Waals surface area contributed by atoms with Crippen molar-refractivity contribution in [3.05, 3.63) is 11.7 Å². The fraction of sp³-hybridized carbons (Fsp3) is 0.857. The average molecular weight is 249 g/mol. The van der Waals surface area contributed by atoms with E-state index >= 15 is 0 Å². The lowest BCUT2D eigenvalue weighted by molar-refractivity contribution is 0.318. The second-order valence-electron chi connectivity index (χ2n) is 5.86. The molecule has 2 aliphatic rings. The summed E-state index contributed by atoms with van der Waals surface area (Å²) in [5, 5.41) is 4.23. The van der Waals surface area contributed by atoms with E-state index in [1.54, 1.807) is 0 Å². The molecule has 0 bridgehead atoms. The number of nitrogens with zero attached hydrogens (tertiary/aromatic N) is 2. The Morgan fingerprint density at radius 3 is 2.67 bits per heavy atom. The van der Waals surface area contributed by atoms with Crippen molar-refractivity contribution < 1.29 is 4.52 Å². The lowest BCUT2D eigenvalue weighted by Gasteiger charge is -2.17. The Morgan fingerprint density at radius 1 is 1.06 bits per heavy atom. The highest BCUT2D eigenvalue weighted by Crippen LogP contribution is 2.39. The second-order valence-corrected chi connectivity index (χ2v) is 5.86. The molecule has 4 heteroatoms. The largest absolute Gasteiger partial charge is 0.339 e. The van der Waals surface area contributed by atoms with Crippen molar-refractivity contribution in [2.24, 2.45) is 11.7 Å². The van der Waals surface area contributed by atoms with Crippen LogP contribution in [0.25, 0.3) is 0 Å². The summed E-state index contributed by atoms with van der Waals surface area (Å²) in [6.45, 7) is 0.742. The van der Waals surface area contributed by atoms with Crippen LogP contribution in [0.3, 0.4) is 0 Å². The zero-order valence-corrected chi connectivity index (χ0v) is 11.0. The standard InChI is InChI=1S/C14H23N3O/c15-9-11-7-4-8-12(11)14-16-13(17-18-14)10-5-2-1-3-6-10/h10-12H,1-9,15H2. The summed E-state index contributed by atoms with van der Waals surface area (Å²) in [7, 11) is 0. The Bertz CT molecular complexity index is 384. The molecule has 4 nitrogen and oxygen atoms in total. The Labute approximate surface area is 108 Å². The van der Waals surface area contributed by atoms with Gasteiger partial charge >= 0.3 is 0 Å². The van der Waals surface area contributed by atoms with Gasteiger partial charge in [0.2, 0.25) is 5.89 Å². The highest BCUT2D eigenvalue weighted by atomic mass is 16.5. The first-order valence-electron chi connectivity index (χ1n) is 7.42. The predicted octanol–water partition coefficient (Wildman–Crippen LogP) is 2.96. The second kappa shape index (κ2) is 5.39. The number of aromatic nitrogens is 2. The van der Waals surface area contributed by atoms with E-state index in [0.717, 1.165) is 24.7 Å². The van der Waals surface area contributed by atoms with Crippen LogP contribution in [0, 0.1) is 5.92 Å². The molecule has 0 saturated heterocycles. The first-order valence-corrected chi connectivity index (χ1v) is 7.42. The summed E-state index contributed by atoms with van der Waals surface area (Å²) in [5.74, 6) is 3.30. The van der Waals surface area contributed by atoms with Crippen LogP contribution in [0.1, 0.15) is 74.9 Å². The Hall–Kier alpha value is -0.900. The summed E-state index contributed by atoms with van der Waals surface area (Å²) < 4.78 is 5.52. The first kappa shape index (κ1) is 12.2. The monoisotopic (exact) mass is 249 g/mol. The predicted molar refractivity (Wildman–Crippen MR) is 69.3 cm³/mol. The summed E-state index contributed by atoms with van der Waals surface area (Å²) in [5.41, 5.74) is 5.82. The third-order valence-electron chi connectivity index (χ3n) is 4.71. The van der Waals surface area contributed by atoms with E-state index in [4.69, 9.17) is 10.3 Å². The molecule has 0 radical (unpaired) electrons. The molecule has 0 amide bonds. The molecule has 2 fully saturated rings. The van der Waals surface area contributed by atoms with Crippen LogP contribution >= 0.6 is 0 Å². The number of hydrogen-bond acceptors (Lipinski definition) is 4. The normalized spacial score (nSPS) is 29.8. The molecule has 2 atom stereocenters. The molecule has 2 unspecified atom stereocenters. The summed E-state index contributed by atoms with van der Waals surface area (Å²) in [6, 6.07) is 0. The summed E-state index contributed by atoms with van der Waals surface area (Å²) >= 11 is 0. The van der Waals surface area contributed by atoms with Gasteiger partial charge in [-0.25, -0.2) is 0 Å². The molecule has 1 aromatic heterocycles. The zero-order valence-electron chi connectivity index (χ0n) is 11.0. The molecular formula is C14H23N3O. The highest BCUT2D eigenvalue weighted by Gasteiger charge is 2.32. The van der Waals surface area contributed by atoms with Gasteiger partial charge in [0.1, 0.15) is 0 Å². The van der Waals surface area contributed by atoms with Crippen LogP contribution in [0.15, 0.2) is 4.52 Å². The maximum absolute atomic E-state index is 5.82. The van der Waals surface area contributed by atoms with E-state index < -0.39 is 0 Å². The fourth-order valence-corrected chi connectivity index (χ4v) is 3.57. The van der Waals surface area contributed by atoms with E-state index in [0.29, 0.717) is 17.8 Å². The molecule has 100 valence electrons. The number of hydrogen-bond donors (Lipinski definition) is 1. The third-order valence-corrected chi connectivity index (χ3v) is 4.71. The van der Waals surface area contributed by atoms with Crippen LogP contribution in [-0.2, 0) is 0 Å². The van der Waals surface area contributed by atoms with Gasteiger partial charge in [0.05, 0.1) is 0 Å². The lowest BCUT2D eigenvalue weighted by Crippen LogP contribution is -2.17. The molecule has 0 aromatic carbocycles. The zero-order chi connectivity index (χ0) is 12.4. The van der Waals surface area contributed by atoms with Crippen molar-refractivity contribution in [3.8, 4) is 0 Å². The van der Waals surface area contributed by atoms with E-state index in [2.05, 4.69) is 10.1 Å². The van der Waals surface area contributed by atoms with Crippen LogP contribution in [0.4, 0.5) is 0 Å². The van der Waals surface area contributed by atoms with Crippen LogP contribution in [-0.4, -0.2) is 16.7 Å². The maximum atomic E-state index is 5.82. The molecule has 2 aliphatic carbocycles. The van der Waals surface area contributed by atoms with Crippen LogP contribution in [0.5, 0.6) is 0 Å². The minimum absolute atomic E-state index is 0.417. The van der Waals surface area contributed by atoms with E-state index in [1.807, 2.05) is 0 Å². The van der Waals surface area contributed by atoms with Gasteiger partial charge in [0.15, 0.2) is 5.82 Å². The van der Waals surface area contributed by atoms with Crippen molar-refractivity contribution >= 4 is 0 Å². The Balaban J connectivity index is 1.72. The molecule has 1 heterocycles. The van der Waals surface area contributed by atoms with Crippen molar-refractivity contribution in [2.75, 3.05) is 6.54 Å². The van der Waals surface area contributed by atoms with Crippen LogP contribution < -0.4 is 5.73 Å². The van der Waals surface area contributed by atoms with Gasteiger partial charge in [-0.15, -0.1) is 0 Å². The van der Waals surface area contributed by atoms with Gasteiger partial charge in [-0.1, -0.05) is 30.8 Å². The minimum atomic E-state index is 0.417. The summed E-state index contributed by atoms with van der Waals surface area (Å²) in [4.78, 5) is 4.68. The van der Waals surface area contributed by atoms with Gasteiger partial charge in [-0.2, -0.15) is 4.98 Å². The maximum Gasteiger partial charge on any atom is 0.230 e. The fourth-order valence-electron chi connectivity index (χ4n) is 3.57. The van der Waals surface area contributed by atoms with E-state index in [-0.39, 0.29) is 0 Å². The SMILES string of the molecule is NCC1CCCC1c1nc(C2CCCCC2)no1. The van der Waals surface area contributed by atoms with Gasteiger partial charge in [0.25, 0.3) is 0 Å². The first-order chi connectivity index (χ1) is 8.88. The quantitative estimate of drug-likeness (QED) is 0.894. The molecule has 0 aliphatic heterocycles. The smallest absolute Gasteiger partial charge is 0.230 e. The van der Waals surface area contributed by atoms with Crippen molar-refractivity contribution in [1.82, 2.24) is 10.1 Å². The highest BCUT2D eigenvalue weighted by molar-refractivity contribution is 5.03. The van der Waals surface area contributed by atoms with Gasteiger partial charge in [0, 0.05) is 11.8 Å². The Morgan fingerprint density at radius 2 is 1.89 bits per heavy atom. The molecule has 2 saturated carbocycles. The van der Waals surface area contributed by atoms with E-state index in [1.165, 1.54) is 44.9 Å². The van der Waals surface area contributed by atoms with Crippen LogP contribution in [0.2, 0.25) is 0 Å². The molecular weight excluding hydrogens is 226 g/mol. The molecule has 18 heavy (non-hydrogen) atoms. The minimum Gasteiger partial charge on any atom is -0.339 e. The molecule has 0 spiro atoms.